The van der Waals surface area contributed by atoms with E-state index in [-0.39, 0.29) is 18.7 Å². The Morgan fingerprint density at radius 1 is 1.12 bits per heavy atom. The molecule has 0 saturated heterocycles. The number of pyridine rings is 1. The SMILES string of the molecule is O=C(NC(c1ccccc1)c1ccccn1)NC1(CO)CCCC1. The van der Waals surface area contributed by atoms with Crippen molar-refractivity contribution in [1.29, 1.82) is 0 Å². The number of carbonyl (C=O) groups is 1. The molecule has 1 heterocycles. The minimum atomic E-state index is -0.491. The van der Waals surface area contributed by atoms with Crippen LogP contribution in [0.15, 0.2) is 54.7 Å². The number of nitrogens with zero attached hydrogens (tertiary/aromatic N) is 1. The van der Waals surface area contributed by atoms with Crippen molar-refractivity contribution in [2.45, 2.75) is 37.3 Å². The molecule has 3 N–H and O–H groups in total. The van der Waals surface area contributed by atoms with E-state index in [0.29, 0.717) is 0 Å². The van der Waals surface area contributed by atoms with Gasteiger partial charge < -0.3 is 15.7 Å². The molecule has 126 valence electrons. The Bertz CT molecular complexity index is 615. The van der Waals surface area contributed by atoms with Gasteiger partial charge in [0.1, 0.15) is 0 Å². The van der Waals surface area contributed by atoms with Gasteiger partial charge in [0.25, 0.3) is 0 Å². The Labute approximate surface area is 142 Å². The molecule has 1 aliphatic rings. The molecule has 5 heteroatoms. The van der Waals surface area contributed by atoms with Gasteiger partial charge in [-0.1, -0.05) is 49.2 Å². The largest absolute Gasteiger partial charge is 0.394 e. The van der Waals surface area contributed by atoms with E-state index in [1.165, 1.54) is 0 Å². The first kappa shape index (κ1) is 16.5. The molecular formula is C19H23N3O2. The summed E-state index contributed by atoms with van der Waals surface area (Å²) < 4.78 is 0. The first-order valence-electron chi connectivity index (χ1n) is 8.38. The monoisotopic (exact) mass is 325 g/mol. The molecule has 1 unspecified atom stereocenters. The maximum absolute atomic E-state index is 12.6. The van der Waals surface area contributed by atoms with E-state index < -0.39 is 5.54 Å². The van der Waals surface area contributed by atoms with Gasteiger partial charge in [-0.25, -0.2) is 4.79 Å². The summed E-state index contributed by atoms with van der Waals surface area (Å²) in [6, 6.07) is 14.8. The first-order valence-corrected chi connectivity index (χ1v) is 8.38. The molecule has 2 aromatic rings. The zero-order chi connectivity index (χ0) is 16.8. The van der Waals surface area contributed by atoms with Crippen LogP contribution < -0.4 is 10.6 Å². The van der Waals surface area contributed by atoms with Gasteiger partial charge in [0.05, 0.1) is 23.9 Å². The predicted octanol–water partition coefficient (Wildman–Crippen LogP) is 2.78. The molecule has 2 amide bonds. The summed E-state index contributed by atoms with van der Waals surface area (Å²) in [6.07, 6.45) is 5.41. The fraction of sp³-hybridized carbons (Fsp3) is 0.368. The number of carbonyl (C=O) groups excluding carboxylic acids is 1. The van der Waals surface area contributed by atoms with Gasteiger partial charge in [-0.05, 0) is 30.5 Å². The highest BCUT2D eigenvalue weighted by molar-refractivity contribution is 5.76. The summed E-state index contributed by atoms with van der Waals surface area (Å²) in [5.41, 5.74) is 1.26. The van der Waals surface area contributed by atoms with Crippen LogP contribution in [0, 0.1) is 0 Å². The molecule has 1 aromatic carbocycles. The zero-order valence-corrected chi connectivity index (χ0v) is 13.6. The number of amides is 2. The maximum atomic E-state index is 12.6. The Morgan fingerprint density at radius 2 is 1.83 bits per heavy atom. The highest BCUT2D eigenvalue weighted by Gasteiger charge is 2.35. The molecule has 24 heavy (non-hydrogen) atoms. The number of hydrogen-bond donors (Lipinski definition) is 3. The number of rotatable bonds is 5. The predicted molar refractivity (Wildman–Crippen MR) is 92.5 cm³/mol. The lowest BCUT2D eigenvalue weighted by molar-refractivity contribution is 0.162. The van der Waals surface area contributed by atoms with Crippen molar-refractivity contribution in [3.8, 4) is 0 Å². The number of benzene rings is 1. The van der Waals surface area contributed by atoms with Gasteiger partial charge in [0, 0.05) is 6.20 Å². The van der Waals surface area contributed by atoms with E-state index in [1.807, 2.05) is 48.5 Å². The van der Waals surface area contributed by atoms with Crippen molar-refractivity contribution in [3.63, 3.8) is 0 Å². The Kier molecular flexibility index (Phi) is 5.11. The second kappa shape index (κ2) is 7.45. The van der Waals surface area contributed by atoms with Crippen molar-refractivity contribution in [2.75, 3.05) is 6.61 Å². The average molecular weight is 325 g/mol. The Hall–Kier alpha value is -2.40. The molecule has 0 spiro atoms. The molecule has 0 bridgehead atoms. The van der Waals surface area contributed by atoms with Crippen LogP contribution in [-0.2, 0) is 0 Å². The third-order valence-corrected chi connectivity index (χ3v) is 4.63. The summed E-state index contributed by atoms with van der Waals surface area (Å²) in [5.74, 6) is 0. The van der Waals surface area contributed by atoms with Crippen LogP contribution in [0.4, 0.5) is 4.79 Å². The van der Waals surface area contributed by atoms with E-state index in [1.54, 1.807) is 6.20 Å². The maximum Gasteiger partial charge on any atom is 0.316 e. The lowest BCUT2D eigenvalue weighted by atomic mass is 9.99. The van der Waals surface area contributed by atoms with E-state index in [2.05, 4.69) is 15.6 Å². The summed E-state index contributed by atoms with van der Waals surface area (Å²) in [4.78, 5) is 16.9. The minimum absolute atomic E-state index is 0.0278. The minimum Gasteiger partial charge on any atom is -0.394 e. The Balaban J connectivity index is 1.78. The van der Waals surface area contributed by atoms with Gasteiger partial charge in [0.15, 0.2) is 0 Å². The molecule has 1 saturated carbocycles. The zero-order valence-electron chi connectivity index (χ0n) is 13.6. The number of urea groups is 1. The molecule has 5 nitrogen and oxygen atoms in total. The van der Waals surface area contributed by atoms with Gasteiger partial charge >= 0.3 is 6.03 Å². The third-order valence-electron chi connectivity index (χ3n) is 4.63. The topological polar surface area (TPSA) is 74.2 Å². The standard InChI is InChI=1S/C19H23N3O2/c23-14-19(11-5-6-12-19)22-18(24)21-17(15-8-2-1-3-9-15)16-10-4-7-13-20-16/h1-4,7-10,13,17,23H,5-6,11-12,14H2,(H2,21,22,24). The molecule has 1 aromatic heterocycles. The van der Waals surface area contributed by atoms with Crippen molar-refractivity contribution >= 4 is 6.03 Å². The average Bonchev–Trinajstić information content (AvgIpc) is 3.10. The van der Waals surface area contributed by atoms with E-state index in [9.17, 15) is 9.90 Å². The molecule has 3 rings (SSSR count). The number of nitrogens with one attached hydrogen (secondary N) is 2. The quantitative estimate of drug-likeness (QED) is 0.791. The molecule has 0 aliphatic heterocycles. The Morgan fingerprint density at radius 3 is 2.46 bits per heavy atom. The van der Waals surface area contributed by atoms with Gasteiger partial charge in [-0.3, -0.25) is 4.98 Å². The van der Waals surface area contributed by atoms with E-state index in [0.717, 1.165) is 36.9 Å². The van der Waals surface area contributed by atoms with Crippen molar-refractivity contribution in [3.05, 3.63) is 66.0 Å². The highest BCUT2D eigenvalue weighted by Crippen LogP contribution is 2.29. The smallest absolute Gasteiger partial charge is 0.316 e. The third kappa shape index (κ3) is 3.74. The molecule has 1 atom stereocenters. The second-order valence-electron chi connectivity index (χ2n) is 6.34. The highest BCUT2D eigenvalue weighted by atomic mass is 16.3. The summed E-state index contributed by atoms with van der Waals surface area (Å²) in [7, 11) is 0. The molecule has 0 radical (unpaired) electrons. The fourth-order valence-electron chi connectivity index (χ4n) is 3.30. The van der Waals surface area contributed by atoms with Gasteiger partial charge in [-0.15, -0.1) is 0 Å². The summed E-state index contributed by atoms with van der Waals surface area (Å²) in [5, 5.41) is 15.7. The van der Waals surface area contributed by atoms with Crippen molar-refractivity contribution in [2.24, 2.45) is 0 Å². The van der Waals surface area contributed by atoms with Crippen LogP contribution in [0.1, 0.15) is 43.0 Å². The lowest BCUT2D eigenvalue weighted by Gasteiger charge is -2.29. The van der Waals surface area contributed by atoms with Crippen molar-refractivity contribution < 1.29 is 9.90 Å². The molecule has 1 fully saturated rings. The molecule has 1 aliphatic carbocycles. The van der Waals surface area contributed by atoms with Crippen LogP contribution in [0.2, 0.25) is 0 Å². The van der Waals surface area contributed by atoms with Crippen LogP contribution >= 0.6 is 0 Å². The summed E-state index contributed by atoms with van der Waals surface area (Å²) >= 11 is 0. The van der Waals surface area contributed by atoms with Crippen LogP contribution in [-0.4, -0.2) is 28.3 Å². The summed E-state index contributed by atoms with van der Waals surface area (Å²) in [6.45, 7) is -0.0278. The van der Waals surface area contributed by atoms with Gasteiger partial charge in [0.2, 0.25) is 0 Å². The number of aliphatic hydroxyl groups is 1. The number of hydrogen-bond acceptors (Lipinski definition) is 3. The van der Waals surface area contributed by atoms with Gasteiger partial charge in [-0.2, -0.15) is 0 Å². The van der Waals surface area contributed by atoms with Crippen LogP contribution in [0.5, 0.6) is 0 Å². The van der Waals surface area contributed by atoms with E-state index in [4.69, 9.17) is 0 Å². The van der Waals surface area contributed by atoms with Crippen molar-refractivity contribution in [1.82, 2.24) is 15.6 Å². The number of aromatic nitrogens is 1. The normalized spacial score (nSPS) is 17.2. The van der Waals surface area contributed by atoms with Crippen LogP contribution in [0.25, 0.3) is 0 Å². The van der Waals surface area contributed by atoms with E-state index >= 15 is 0 Å². The second-order valence-corrected chi connectivity index (χ2v) is 6.34. The molecular weight excluding hydrogens is 302 g/mol. The fourth-order valence-corrected chi connectivity index (χ4v) is 3.30. The van der Waals surface area contributed by atoms with Crippen LogP contribution in [0.3, 0.4) is 0 Å². The number of aliphatic hydroxyl groups excluding tert-OH is 1. The lowest BCUT2D eigenvalue weighted by Crippen LogP contribution is -2.53. The first-order chi connectivity index (χ1) is 11.7.